The summed E-state index contributed by atoms with van der Waals surface area (Å²) in [6.45, 7) is 17.5. The molecule has 0 amide bonds. The summed E-state index contributed by atoms with van der Waals surface area (Å²) >= 11 is 0. The number of hydrogen-bond acceptors (Lipinski definition) is 16. The van der Waals surface area contributed by atoms with E-state index in [1.165, 1.54) is 0 Å². The van der Waals surface area contributed by atoms with Gasteiger partial charge in [-0.05, 0) is 245 Å². The second-order valence-corrected chi connectivity index (χ2v) is 38.0. The van der Waals surface area contributed by atoms with Crippen LogP contribution < -0.4 is 0 Å². The van der Waals surface area contributed by atoms with Crippen molar-refractivity contribution in [3.63, 3.8) is 0 Å². The van der Waals surface area contributed by atoms with Crippen LogP contribution in [0.2, 0.25) is 0 Å². The minimum absolute atomic E-state index is 0.0350. The predicted octanol–water partition coefficient (Wildman–Crippen LogP) is 12.2. The van der Waals surface area contributed by atoms with E-state index in [0.717, 1.165) is 135 Å². The number of rotatable bonds is 4. The Morgan fingerprint density at radius 3 is 1.03 bits per heavy atom. The average molecular weight is 1360 g/mol. The number of Topliss-reactive ketones (excluding diaryl/α,β-unsaturated/α-hetero) is 6. The number of nitriles is 2. The molecule has 16 aliphatic rings. The Balaban J connectivity index is 0.000000118. The largest absolute Gasteiger partial charge is 0.390 e. The normalized spacial score (nSPS) is 54.6. The van der Waals surface area contributed by atoms with Crippen LogP contribution in [0.25, 0.3) is 0 Å². The number of ketones is 6. The van der Waals surface area contributed by atoms with Crippen LogP contribution >= 0.6 is 0 Å². The third-order valence-corrected chi connectivity index (χ3v) is 34.3. The van der Waals surface area contributed by atoms with Crippen molar-refractivity contribution in [2.75, 3.05) is 28.4 Å². The van der Waals surface area contributed by atoms with Crippen LogP contribution in [-0.2, 0) is 47.7 Å². The van der Waals surface area contributed by atoms with Crippen molar-refractivity contribution in [1.29, 1.82) is 10.5 Å². The van der Waals surface area contributed by atoms with Crippen LogP contribution in [0.4, 0.5) is 0 Å². The third-order valence-electron chi connectivity index (χ3n) is 34.3. The minimum Gasteiger partial charge on any atom is -0.390 e. The molecule has 98 heavy (non-hydrogen) atoms. The molecule has 0 heterocycles. The maximum absolute atomic E-state index is 13.4. The van der Waals surface area contributed by atoms with Gasteiger partial charge in [-0.2, -0.15) is 10.5 Å². The van der Waals surface area contributed by atoms with Gasteiger partial charge >= 0.3 is 0 Å². The molecule has 0 radical (unpaired) electrons. The first kappa shape index (κ1) is 73.0. The van der Waals surface area contributed by atoms with E-state index >= 15 is 0 Å². The zero-order valence-corrected chi connectivity index (χ0v) is 61.6. The molecule has 16 heteroatoms. The van der Waals surface area contributed by atoms with Crippen LogP contribution in [0.5, 0.6) is 0 Å². The van der Waals surface area contributed by atoms with E-state index in [0.29, 0.717) is 145 Å². The van der Waals surface area contributed by atoms with Gasteiger partial charge in [0, 0.05) is 101 Å². The Bertz CT molecular complexity index is 3030. The molecule has 16 saturated carbocycles. The van der Waals surface area contributed by atoms with Gasteiger partial charge in [0.25, 0.3) is 0 Å². The second kappa shape index (κ2) is 26.4. The van der Waals surface area contributed by atoms with Gasteiger partial charge in [-0.25, -0.2) is 0 Å². The molecule has 0 aliphatic heterocycles. The number of carbonyl (C=O) groups excluding carboxylic acids is 6. The number of aliphatic hydroxyl groups excluding tert-OH is 4. The highest BCUT2D eigenvalue weighted by atomic mass is 16.5. The van der Waals surface area contributed by atoms with Crippen LogP contribution in [0.1, 0.15) is 235 Å². The first-order valence-corrected chi connectivity index (χ1v) is 39.1. The SMILES string of the molecule is CO[C@H]1C[C@@]2(C)[C@@H](CC[C@@H]3[C@@H]2C(=O)C[C@]2(C)C(=O)CC[C@@H]32)C[C@@H]1O.CO[C@H]1C[C@@]2(C)[C@@H](CC[C@H]3[C@@H]4CC[C@@H](C#N)[C@@]4(C)CC(=O)[C@@H]32)C[C@@H]1O.CO[C@H]1C[C@@]2(C)[C@@H](CC[C@H]3[C@@H]4CC[C@H](C#N)[C@@]4(C)CC(=O)[C@@H]32)C[C@@H]1O.CO[C@H]1[C@H](O)CC[C@@]2(C)[C@H]1CC[C@@H]1[C@@H]2C(=O)C[C@]2(C)C(=O)CC[C@@H]12. The lowest BCUT2D eigenvalue weighted by Crippen LogP contribution is -2.61. The fourth-order valence-corrected chi connectivity index (χ4v) is 29.4. The zero-order valence-electron chi connectivity index (χ0n) is 61.6. The number of aliphatic hydroxyl groups is 4. The Hall–Kier alpha value is -3.32. The highest BCUT2D eigenvalue weighted by molar-refractivity contribution is 5.96. The van der Waals surface area contributed by atoms with E-state index in [2.05, 4.69) is 53.7 Å². The Morgan fingerprint density at radius 1 is 0.357 bits per heavy atom. The number of methoxy groups -OCH3 is 4. The minimum atomic E-state index is -0.415. The molecule has 0 spiro atoms. The molecule has 4 N–H and O–H groups in total. The van der Waals surface area contributed by atoms with Crippen molar-refractivity contribution < 1.29 is 68.1 Å². The van der Waals surface area contributed by atoms with E-state index in [1.54, 1.807) is 28.4 Å². The fourth-order valence-electron chi connectivity index (χ4n) is 29.4. The van der Waals surface area contributed by atoms with E-state index in [-0.39, 0.29) is 98.3 Å². The molecule has 0 saturated heterocycles. The fraction of sp³-hybridized carbons (Fsp3) is 0.902. The standard InChI is InChI=1S/2C21H31NO3.2C20H30O4/c2*1-20-9-17(24)19-14(15(20)7-5-13(20)11-22)6-4-12-8-16(23)18(25-3)10-21(12,19)2;1-19-10-16(24-3)14(21)8-11(19)4-5-12-13-6-7-17(23)20(13,2)9-15(22)18(12)19;1-19-9-8-14(21)18(24-3)13(19)5-4-11-12-6-7-16(23)20(12,2)10-15(22)17(11)19/h2*12-16,18-19,23H,4-10H2,1-3H3;11-14,16,18,21H,4-10H2,1-3H3;11-14,17-18,21H,4-10H2,1-3H3/t12-,13+,14-,15-,16-,18-,19+,20+,21-;12-,13-,14-,15-,16-,18-,19+,20+,21-;11-,12-,13-,14-,16-,18+,19-,20-;11-,12-,13-,14+,17+,18+,19-,20-/m0000/s1. The van der Waals surface area contributed by atoms with Gasteiger partial charge in [-0.3, -0.25) is 28.8 Å². The molecule has 34 atom stereocenters. The summed E-state index contributed by atoms with van der Waals surface area (Å²) in [6.07, 6.45) is 21.7. The van der Waals surface area contributed by atoms with Crippen LogP contribution in [0.3, 0.4) is 0 Å². The van der Waals surface area contributed by atoms with Crippen LogP contribution in [0, 0.1) is 173 Å². The van der Waals surface area contributed by atoms with Crippen molar-refractivity contribution in [3.05, 3.63) is 0 Å². The monoisotopic (exact) mass is 1360 g/mol. The van der Waals surface area contributed by atoms with Crippen LogP contribution in [-0.4, -0.2) is 132 Å². The number of nitrogens with zero attached hydrogens (tertiary/aromatic N) is 2. The molecule has 16 nitrogen and oxygen atoms in total. The van der Waals surface area contributed by atoms with Crippen molar-refractivity contribution in [1.82, 2.24) is 0 Å². The van der Waals surface area contributed by atoms with Gasteiger partial charge in [0.2, 0.25) is 0 Å². The van der Waals surface area contributed by atoms with Crippen molar-refractivity contribution in [3.8, 4) is 12.1 Å². The summed E-state index contributed by atoms with van der Waals surface area (Å²) in [5, 5.41) is 60.7. The first-order chi connectivity index (χ1) is 46.3. The summed E-state index contributed by atoms with van der Waals surface area (Å²) in [6, 6.07) is 5.00. The molecular weight excluding hydrogens is 1240 g/mol. The van der Waals surface area contributed by atoms with Gasteiger partial charge in [0.15, 0.2) is 0 Å². The van der Waals surface area contributed by atoms with E-state index < -0.39 is 35.2 Å². The summed E-state index contributed by atoms with van der Waals surface area (Å²) in [4.78, 5) is 78.0. The Kier molecular flexibility index (Phi) is 19.6. The maximum atomic E-state index is 13.4. The van der Waals surface area contributed by atoms with Gasteiger partial charge in [-0.15, -0.1) is 0 Å². The molecule has 16 aliphatic carbocycles. The highest BCUT2D eigenvalue weighted by Gasteiger charge is 2.70. The molecule has 544 valence electrons. The predicted molar refractivity (Wildman–Crippen MR) is 365 cm³/mol. The first-order valence-electron chi connectivity index (χ1n) is 39.1. The third kappa shape index (κ3) is 11.0. The Morgan fingerprint density at radius 2 is 0.684 bits per heavy atom. The Labute approximate surface area is 585 Å². The molecule has 0 bridgehead atoms. The van der Waals surface area contributed by atoms with E-state index in [9.17, 15) is 59.7 Å². The molecule has 16 rings (SSSR count). The van der Waals surface area contributed by atoms with E-state index in [4.69, 9.17) is 18.9 Å². The number of fused-ring (bicyclic) bond motifs is 20. The smallest absolute Gasteiger partial charge is 0.139 e. The lowest BCUT2D eigenvalue weighted by Gasteiger charge is -2.60. The van der Waals surface area contributed by atoms with Gasteiger partial charge in [0.05, 0.1) is 72.8 Å². The average Bonchev–Trinajstić information content (AvgIpc) is 1.30. The molecular formula is C82H122N2O14. The molecule has 0 aromatic heterocycles. The number of carbonyl (C=O) groups is 6. The lowest BCUT2D eigenvalue weighted by atomic mass is 9.44. The van der Waals surface area contributed by atoms with Gasteiger partial charge in [0.1, 0.15) is 34.7 Å². The van der Waals surface area contributed by atoms with Gasteiger partial charge in [-0.1, -0.05) is 55.4 Å². The van der Waals surface area contributed by atoms with Gasteiger partial charge < -0.3 is 39.4 Å². The quantitative estimate of drug-likeness (QED) is 0.204. The lowest BCUT2D eigenvalue weighted by molar-refractivity contribution is -0.185. The topological polar surface area (TPSA) is 268 Å². The van der Waals surface area contributed by atoms with Crippen molar-refractivity contribution >= 4 is 34.7 Å². The van der Waals surface area contributed by atoms with Crippen molar-refractivity contribution in [2.24, 2.45) is 150 Å². The summed E-state index contributed by atoms with van der Waals surface area (Å²) in [5.74, 6) is 7.06. The molecule has 0 aromatic carbocycles. The summed E-state index contributed by atoms with van der Waals surface area (Å²) in [7, 11) is 6.69. The molecule has 0 aromatic rings. The highest BCUT2D eigenvalue weighted by Crippen LogP contribution is 2.71. The van der Waals surface area contributed by atoms with E-state index in [1.807, 2.05) is 13.8 Å². The van der Waals surface area contributed by atoms with Crippen LogP contribution in [0.15, 0.2) is 0 Å². The molecule has 16 fully saturated rings. The molecule has 0 unspecified atom stereocenters. The second-order valence-electron chi connectivity index (χ2n) is 38.0. The number of hydrogen-bond donors (Lipinski definition) is 4. The number of ether oxygens (including phenoxy) is 4. The summed E-state index contributed by atoms with van der Waals surface area (Å²) in [5.41, 5.74) is -1.36. The summed E-state index contributed by atoms with van der Waals surface area (Å²) < 4.78 is 22.3. The zero-order chi connectivity index (χ0) is 70.5. The maximum Gasteiger partial charge on any atom is 0.139 e. The van der Waals surface area contributed by atoms with Crippen molar-refractivity contribution in [2.45, 2.75) is 284 Å².